The Balaban J connectivity index is 1.45. The summed E-state index contributed by atoms with van der Waals surface area (Å²) in [5.41, 5.74) is 3.64. The lowest BCUT2D eigenvalue weighted by atomic mass is 9.98. The van der Waals surface area contributed by atoms with Gasteiger partial charge < -0.3 is 4.90 Å². The quantitative estimate of drug-likeness (QED) is 0.602. The van der Waals surface area contributed by atoms with E-state index in [1.807, 2.05) is 42.5 Å². The highest BCUT2D eigenvalue weighted by Gasteiger charge is 2.46. The van der Waals surface area contributed by atoms with E-state index in [0.717, 1.165) is 15.6 Å². The number of alkyl halides is 2. The van der Waals surface area contributed by atoms with Gasteiger partial charge in [-0.2, -0.15) is 5.26 Å². The van der Waals surface area contributed by atoms with Crippen LogP contribution in [0.2, 0.25) is 0 Å². The van der Waals surface area contributed by atoms with Crippen molar-refractivity contribution in [2.75, 3.05) is 26.2 Å². The first-order chi connectivity index (χ1) is 16.3. The zero-order valence-corrected chi connectivity index (χ0v) is 19.9. The predicted octanol–water partition coefficient (Wildman–Crippen LogP) is 4.13. The van der Waals surface area contributed by atoms with E-state index in [-0.39, 0.29) is 12.5 Å². The van der Waals surface area contributed by atoms with Crippen LogP contribution in [0.25, 0.3) is 0 Å². The molecule has 1 amide bonds. The molecule has 9 heteroatoms. The van der Waals surface area contributed by atoms with E-state index < -0.39 is 19.0 Å². The van der Waals surface area contributed by atoms with Crippen LogP contribution in [0.1, 0.15) is 23.1 Å². The minimum absolute atomic E-state index is 0.186. The van der Waals surface area contributed by atoms with Crippen molar-refractivity contribution < 1.29 is 13.6 Å². The molecule has 3 heterocycles. The van der Waals surface area contributed by atoms with Crippen LogP contribution in [0.15, 0.2) is 69.3 Å². The van der Waals surface area contributed by atoms with Crippen LogP contribution in [-0.2, 0) is 17.9 Å². The molecule has 0 radical (unpaired) electrons. The Morgan fingerprint density at radius 3 is 2.68 bits per heavy atom. The van der Waals surface area contributed by atoms with E-state index in [4.69, 9.17) is 0 Å². The molecule has 0 aliphatic carbocycles. The Morgan fingerprint density at radius 2 is 1.91 bits per heavy atom. The van der Waals surface area contributed by atoms with Gasteiger partial charge in [0, 0.05) is 36.2 Å². The fraction of sp³-hybridized carbons (Fsp3) is 0.320. The van der Waals surface area contributed by atoms with Crippen molar-refractivity contribution in [3.8, 4) is 6.07 Å². The number of amides is 1. The van der Waals surface area contributed by atoms with Crippen molar-refractivity contribution in [1.82, 2.24) is 14.7 Å². The van der Waals surface area contributed by atoms with Crippen LogP contribution < -0.4 is 0 Å². The third-order valence-electron chi connectivity index (χ3n) is 6.26. The van der Waals surface area contributed by atoms with Crippen LogP contribution in [0, 0.1) is 11.3 Å². The number of guanidine groups is 1. The molecule has 3 aliphatic heterocycles. The molecule has 0 atom stereocenters. The zero-order valence-electron chi connectivity index (χ0n) is 18.3. The molecule has 3 aliphatic rings. The van der Waals surface area contributed by atoms with Gasteiger partial charge >= 0.3 is 0 Å². The summed E-state index contributed by atoms with van der Waals surface area (Å²) in [6.07, 6.45) is 0.486. The van der Waals surface area contributed by atoms with Gasteiger partial charge in [0.1, 0.15) is 6.54 Å². The number of aliphatic imine (C=N–C) groups is 1. The molecule has 0 saturated heterocycles. The fourth-order valence-corrected chi connectivity index (χ4v) is 4.93. The average molecular weight is 526 g/mol. The third-order valence-corrected chi connectivity index (χ3v) is 6.79. The number of benzene rings is 2. The van der Waals surface area contributed by atoms with E-state index >= 15 is 0 Å². The summed E-state index contributed by atoms with van der Waals surface area (Å²) in [5.74, 6) is -2.82. The van der Waals surface area contributed by atoms with E-state index in [1.54, 1.807) is 11.0 Å². The van der Waals surface area contributed by atoms with Gasteiger partial charge in [-0.1, -0.05) is 40.2 Å². The highest BCUT2D eigenvalue weighted by Crippen LogP contribution is 2.35. The highest BCUT2D eigenvalue weighted by atomic mass is 79.9. The summed E-state index contributed by atoms with van der Waals surface area (Å²) < 4.78 is 29.6. The molecule has 0 bridgehead atoms. The van der Waals surface area contributed by atoms with Gasteiger partial charge in [0.25, 0.3) is 11.8 Å². The molecule has 0 saturated carbocycles. The monoisotopic (exact) mass is 525 g/mol. The summed E-state index contributed by atoms with van der Waals surface area (Å²) in [7, 11) is 0. The summed E-state index contributed by atoms with van der Waals surface area (Å²) >= 11 is 3.41. The maximum absolute atomic E-state index is 14.3. The van der Waals surface area contributed by atoms with Crippen molar-refractivity contribution >= 4 is 27.8 Å². The number of hydrogen-bond acceptors (Lipinski definition) is 5. The summed E-state index contributed by atoms with van der Waals surface area (Å²) in [6, 6.07) is 17.1. The number of nitriles is 1. The van der Waals surface area contributed by atoms with Crippen LogP contribution in [-0.4, -0.2) is 58.7 Å². The molecule has 6 nitrogen and oxygen atoms in total. The molecule has 2 aromatic carbocycles. The van der Waals surface area contributed by atoms with Gasteiger partial charge in [0.05, 0.1) is 30.3 Å². The SMILES string of the molecule is N#Cc1cccc(CN2CCC3=C(C2)C(=O)N(Cc2ccc(Br)cc2)C2=NCC(F)(F)CN23)c1. The molecule has 0 N–H and O–H groups in total. The predicted molar refractivity (Wildman–Crippen MR) is 127 cm³/mol. The van der Waals surface area contributed by atoms with Crippen molar-refractivity contribution in [3.05, 3.63) is 81.0 Å². The number of fused-ring (bicyclic) bond motifs is 2. The molecule has 0 fully saturated rings. The normalized spacial score (nSPS) is 19.9. The highest BCUT2D eigenvalue weighted by molar-refractivity contribution is 9.10. The van der Waals surface area contributed by atoms with Gasteiger partial charge in [0.15, 0.2) is 0 Å². The first-order valence-electron chi connectivity index (χ1n) is 11.0. The molecule has 174 valence electrons. The largest absolute Gasteiger partial charge is 0.309 e. The number of halogens is 3. The number of carbonyl (C=O) groups excluding carboxylic acids is 1. The minimum Gasteiger partial charge on any atom is -0.309 e. The maximum atomic E-state index is 14.3. The first-order valence-corrected chi connectivity index (χ1v) is 11.8. The second-order valence-electron chi connectivity index (χ2n) is 8.77. The molecular weight excluding hydrogens is 504 g/mol. The van der Waals surface area contributed by atoms with Crippen molar-refractivity contribution in [3.63, 3.8) is 0 Å². The number of hydrogen-bond donors (Lipinski definition) is 0. The Bertz CT molecular complexity index is 1230. The Morgan fingerprint density at radius 1 is 1.12 bits per heavy atom. The van der Waals surface area contributed by atoms with Crippen LogP contribution in [0.4, 0.5) is 8.78 Å². The summed E-state index contributed by atoms with van der Waals surface area (Å²) in [6.45, 7) is 0.728. The van der Waals surface area contributed by atoms with Gasteiger partial charge in [-0.15, -0.1) is 0 Å². The lowest BCUT2D eigenvalue weighted by Gasteiger charge is -2.46. The molecule has 0 unspecified atom stereocenters. The van der Waals surface area contributed by atoms with E-state index in [9.17, 15) is 18.8 Å². The third kappa shape index (κ3) is 4.48. The van der Waals surface area contributed by atoms with Gasteiger partial charge in [-0.25, -0.2) is 13.8 Å². The van der Waals surface area contributed by atoms with Crippen molar-refractivity contribution in [1.29, 1.82) is 5.26 Å². The first kappa shape index (κ1) is 22.7. The standard InChI is InChI=1S/C25H22BrF2N5O/c26-20-6-4-17(5-7-20)13-32-23(34)21-14-31(12-19-3-1-2-18(10-19)11-29)9-8-22(21)33-16-25(27,28)15-30-24(32)33/h1-7,10H,8-9,12-16H2. The van der Waals surface area contributed by atoms with Crippen LogP contribution >= 0.6 is 15.9 Å². The van der Waals surface area contributed by atoms with E-state index in [1.165, 1.54) is 4.90 Å². The number of rotatable bonds is 4. The second kappa shape index (κ2) is 8.93. The average Bonchev–Trinajstić information content (AvgIpc) is 2.83. The Labute approximate surface area is 204 Å². The smallest absolute Gasteiger partial charge is 0.284 e. The van der Waals surface area contributed by atoms with Crippen molar-refractivity contribution in [2.45, 2.75) is 25.4 Å². The molecule has 2 aromatic rings. The van der Waals surface area contributed by atoms with E-state index in [0.29, 0.717) is 48.8 Å². The zero-order chi connectivity index (χ0) is 23.9. The molecular formula is C25H22BrF2N5O. The lowest BCUT2D eigenvalue weighted by molar-refractivity contribution is -0.126. The number of carbonyl (C=O) groups is 1. The van der Waals surface area contributed by atoms with Crippen LogP contribution in [0.5, 0.6) is 0 Å². The maximum Gasteiger partial charge on any atom is 0.284 e. The minimum atomic E-state index is -2.94. The fourth-order valence-electron chi connectivity index (χ4n) is 4.67. The second-order valence-corrected chi connectivity index (χ2v) is 9.69. The molecule has 0 aromatic heterocycles. The van der Waals surface area contributed by atoms with Gasteiger partial charge in [-0.05, 0) is 35.4 Å². The Kier molecular flexibility index (Phi) is 5.96. The van der Waals surface area contributed by atoms with Crippen molar-refractivity contribution in [2.24, 2.45) is 4.99 Å². The van der Waals surface area contributed by atoms with E-state index in [2.05, 4.69) is 31.9 Å². The van der Waals surface area contributed by atoms with Crippen LogP contribution in [0.3, 0.4) is 0 Å². The summed E-state index contributed by atoms with van der Waals surface area (Å²) in [4.78, 5) is 23.0. The Hall–Kier alpha value is -3.09. The topological polar surface area (TPSA) is 62.9 Å². The van der Waals surface area contributed by atoms with Gasteiger partial charge in [-0.3, -0.25) is 14.6 Å². The van der Waals surface area contributed by atoms with Gasteiger partial charge in [0.2, 0.25) is 5.96 Å². The molecule has 5 rings (SSSR count). The summed E-state index contributed by atoms with van der Waals surface area (Å²) in [5, 5.41) is 9.17. The molecule has 0 spiro atoms. The number of nitrogens with zero attached hydrogens (tertiary/aromatic N) is 5. The molecule has 34 heavy (non-hydrogen) atoms. The lowest BCUT2D eigenvalue weighted by Crippen LogP contribution is -2.59.